The standard InChI is InChI=1S/C16H19N3O5/c1-22-13-5-4-12(8-14(13)23-2)19-16(21)11(9-17)10-18-7-6-15(20)24-3/h4-5,8,10,18H,6-7H2,1-3H3,(H,19,21)/b11-10-. The lowest BCUT2D eigenvalue weighted by Crippen LogP contribution is -2.18. The third-order valence-corrected chi connectivity index (χ3v) is 2.95. The number of esters is 1. The summed E-state index contributed by atoms with van der Waals surface area (Å²) in [4.78, 5) is 23.0. The van der Waals surface area contributed by atoms with Gasteiger partial charge in [-0.25, -0.2) is 0 Å². The zero-order chi connectivity index (χ0) is 17.9. The number of benzene rings is 1. The van der Waals surface area contributed by atoms with Gasteiger partial charge in [0.2, 0.25) is 0 Å². The quantitative estimate of drug-likeness (QED) is 0.318. The normalized spacial score (nSPS) is 10.3. The number of carbonyl (C=O) groups excluding carboxylic acids is 2. The SMILES string of the molecule is COC(=O)CCN/C=C(/C#N)C(=O)Nc1ccc(OC)c(OC)c1. The highest BCUT2D eigenvalue weighted by atomic mass is 16.5. The van der Waals surface area contributed by atoms with Crippen molar-refractivity contribution in [3.8, 4) is 17.6 Å². The molecule has 24 heavy (non-hydrogen) atoms. The van der Waals surface area contributed by atoms with E-state index in [1.54, 1.807) is 24.3 Å². The molecule has 0 aliphatic rings. The van der Waals surface area contributed by atoms with Gasteiger partial charge in [0, 0.05) is 24.5 Å². The maximum absolute atomic E-state index is 12.1. The molecule has 8 nitrogen and oxygen atoms in total. The first kappa shape index (κ1) is 18.8. The molecule has 0 spiro atoms. The molecular weight excluding hydrogens is 314 g/mol. The fourth-order valence-corrected chi connectivity index (χ4v) is 1.71. The van der Waals surface area contributed by atoms with Crippen LogP contribution >= 0.6 is 0 Å². The van der Waals surface area contributed by atoms with Crippen molar-refractivity contribution in [2.24, 2.45) is 0 Å². The van der Waals surface area contributed by atoms with Crippen molar-refractivity contribution >= 4 is 17.6 Å². The molecule has 8 heteroatoms. The molecule has 128 valence electrons. The summed E-state index contributed by atoms with van der Waals surface area (Å²) in [6, 6.07) is 6.63. The van der Waals surface area contributed by atoms with E-state index in [2.05, 4.69) is 15.4 Å². The number of methoxy groups -OCH3 is 3. The van der Waals surface area contributed by atoms with Gasteiger partial charge in [-0.3, -0.25) is 9.59 Å². The third kappa shape index (κ3) is 5.53. The summed E-state index contributed by atoms with van der Waals surface area (Å²) < 4.78 is 14.7. The summed E-state index contributed by atoms with van der Waals surface area (Å²) in [5, 5.41) is 14.4. The number of amides is 1. The van der Waals surface area contributed by atoms with Gasteiger partial charge in [-0.1, -0.05) is 0 Å². The summed E-state index contributed by atoms with van der Waals surface area (Å²) in [5.74, 6) is 0.00416. The van der Waals surface area contributed by atoms with Gasteiger partial charge in [0.15, 0.2) is 11.5 Å². The van der Waals surface area contributed by atoms with E-state index in [0.29, 0.717) is 17.2 Å². The summed E-state index contributed by atoms with van der Waals surface area (Å²) in [5.41, 5.74) is 0.322. The first-order valence-electron chi connectivity index (χ1n) is 6.99. The van der Waals surface area contributed by atoms with Crippen LogP contribution in [0.3, 0.4) is 0 Å². The molecule has 0 bridgehead atoms. The molecule has 1 amide bonds. The van der Waals surface area contributed by atoms with Crippen LogP contribution in [0, 0.1) is 11.3 Å². The molecule has 0 aliphatic carbocycles. The van der Waals surface area contributed by atoms with Gasteiger partial charge in [-0.2, -0.15) is 5.26 Å². The Hall–Kier alpha value is -3.21. The molecule has 0 saturated carbocycles. The highest BCUT2D eigenvalue weighted by molar-refractivity contribution is 6.06. The largest absolute Gasteiger partial charge is 0.493 e. The zero-order valence-electron chi connectivity index (χ0n) is 13.7. The molecule has 0 saturated heterocycles. The van der Waals surface area contributed by atoms with Crippen LogP contribution in [0.25, 0.3) is 0 Å². The molecule has 0 heterocycles. The molecule has 0 aliphatic heterocycles. The summed E-state index contributed by atoms with van der Waals surface area (Å²) in [7, 11) is 4.28. The van der Waals surface area contributed by atoms with Crippen LogP contribution in [0.5, 0.6) is 11.5 Å². The predicted molar refractivity (Wildman–Crippen MR) is 86.5 cm³/mol. The molecule has 1 aromatic rings. The van der Waals surface area contributed by atoms with E-state index in [1.165, 1.54) is 27.5 Å². The number of hydrogen-bond donors (Lipinski definition) is 2. The Bertz CT molecular complexity index is 664. The van der Waals surface area contributed by atoms with Crippen molar-refractivity contribution in [2.45, 2.75) is 6.42 Å². The fraction of sp³-hybridized carbons (Fsp3) is 0.312. The molecule has 0 atom stereocenters. The van der Waals surface area contributed by atoms with Crippen LogP contribution in [0.4, 0.5) is 5.69 Å². The van der Waals surface area contributed by atoms with Gasteiger partial charge in [-0.05, 0) is 12.1 Å². The Kier molecular flexibility index (Phi) is 7.64. The van der Waals surface area contributed by atoms with Crippen molar-refractivity contribution < 1.29 is 23.8 Å². The Balaban J connectivity index is 2.70. The van der Waals surface area contributed by atoms with Crippen LogP contribution in [0.1, 0.15) is 6.42 Å². The molecule has 0 radical (unpaired) electrons. The lowest BCUT2D eigenvalue weighted by Gasteiger charge is -2.10. The lowest BCUT2D eigenvalue weighted by molar-refractivity contribution is -0.140. The Morgan fingerprint density at radius 2 is 1.92 bits per heavy atom. The second-order valence-electron chi connectivity index (χ2n) is 4.47. The van der Waals surface area contributed by atoms with Crippen LogP contribution in [-0.2, 0) is 14.3 Å². The molecule has 0 fully saturated rings. The average Bonchev–Trinajstić information content (AvgIpc) is 2.61. The maximum Gasteiger partial charge on any atom is 0.307 e. The monoisotopic (exact) mass is 333 g/mol. The molecule has 0 aromatic heterocycles. The molecule has 0 unspecified atom stereocenters. The fourth-order valence-electron chi connectivity index (χ4n) is 1.71. The smallest absolute Gasteiger partial charge is 0.307 e. The van der Waals surface area contributed by atoms with Crippen molar-refractivity contribution in [3.05, 3.63) is 30.0 Å². The molecule has 1 rings (SSSR count). The minimum absolute atomic E-state index is 0.128. The minimum atomic E-state index is -0.588. The highest BCUT2D eigenvalue weighted by Crippen LogP contribution is 2.29. The number of hydrogen-bond acceptors (Lipinski definition) is 7. The van der Waals surface area contributed by atoms with Crippen LogP contribution in [-0.4, -0.2) is 39.8 Å². The van der Waals surface area contributed by atoms with E-state index in [0.717, 1.165) is 0 Å². The van der Waals surface area contributed by atoms with Crippen molar-refractivity contribution in [2.75, 3.05) is 33.2 Å². The molecule has 2 N–H and O–H groups in total. The second-order valence-corrected chi connectivity index (χ2v) is 4.47. The number of nitriles is 1. The number of nitrogens with zero attached hydrogens (tertiary/aromatic N) is 1. The van der Waals surface area contributed by atoms with E-state index in [-0.39, 0.29) is 24.5 Å². The number of nitrogens with one attached hydrogen (secondary N) is 2. The van der Waals surface area contributed by atoms with Gasteiger partial charge in [0.1, 0.15) is 11.6 Å². The van der Waals surface area contributed by atoms with Gasteiger partial charge in [0.05, 0.1) is 27.8 Å². The zero-order valence-corrected chi connectivity index (χ0v) is 13.7. The summed E-state index contributed by atoms with van der Waals surface area (Å²) in [6.07, 6.45) is 1.38. The van der Waals surface area contributed by atoms with Gasteiger partial charge < -0.3 is 24.8 Å². The first-order chi connectivity index (χ1) is 11.5. The molecular formula is C16H19N3O5. The highest BCUT2D eigenvalue weighted by Gasteiger charge is 2.11. The summed E-state index contributed by atoms with van der Waals surface area (Å²) >= 11 is 0. The van der Waals surface area contributed by atoms with E-state index in [4.69, 9.17) is 14.7 Å². The number of rotatable bonds is 8. The van der Waals surface area contributed by atoms with Crippen LogP contribution < -0.4 is 20.1 Å². The van der Waals surface area contributed by atoms with E-state index < -0.39 is 5.91 Å². The summed E-state index contributed by atoms with van der Waals surface area (Å²) in [6.45, 7) is 0.251. The third-order valence-electron chi connectivity index (χ3n) is 2.95. The van der Waals surface area contributed by atoms with Crippen molar-refractivity contribution in [1.82, 2.24) is 5.32 Å². The van der Waals surface area contributed by atoms with Crippen molar-refractivity contribution in [3.63, 3.8) is 0 Å². The number of carbonyl (C=O) groups is 2. The van der Waals surface area contributed by atoms with Crippen molar-refractivity contribution in [1.29, 1.82) is 5.26 Å². The number of ether oxygens (including phenoxy) is 3. The van der Waals surface area contributed by atoms with Crippen LogP contribution in [0.2, 0.25) is 0 Å². The van der Waals surface area contributed by atoms with E-state index in [1.807, 2.05) is 0 Å². The Labute approximate surface area is 140 Å². The van der Waals surface area contributed by atoms with Crippen LogP contribution in [0.15, 0.2) is 30.0 Å². The first-order valence-corrected chi connectivity index (χ1v) is 6.99. The lowest BCUT2D eigenvalue weighted by atomic mass is 10.2. The van der Waals surface area contributed by atoms with Gasteiger partial charge >= 0.3 is 5.97 Å². The maximum atomic E-state index is 12.1. The number of anilines is 1. The van der Waals surface area contributed by atoms with Gasteiger partial charge in [-0.15, -0.1) is 0 Å². The van der Waals surface area contributed by atoms with Gasteiger partial charge in [0.25, 0.3) is 5.91 Å². The Morgan fingerprint density at radius 1 is 1.21 bits per heavy atom. The Morgan fingerprint density at radius 3 is 2.50 bits per heavy atom. The van der Waals surface area contributed by atoms with E-state index in [9.17, 15) is 9.59 Å². The second kappa shape index (κ2) is 9.74. The van der Waals surface area contributed by atoms with E-state index >= 15 is 0 Å². The predicted octanol–water partition coefficient (Wildman–Crippen LogP) is 1.20. The average molecular weight is 333 g/mol. The minimum Gasteiger partial charge on any atom is -0.493 e. The topological polar surface area (TPSA) is 110 Å². The molecule has 1 aromatic carbocycles.